The number of fused-ring (bicyclic) bond motifs is 1. The highest BCUT2D eigenvalue weighted by Crippen LogP contribution is 2.28. The summed E-state index contributed by atoms with van der Waals surface area (Å²) in [7, 11) is -3.96. The molecule has 2 aliphatic heterocycles. The van der Waals surface area contributed by atoms with E-state index >= 15 is 0 Å². The Morgan fingerprint density at radius 2 is 1.66 bits per heavy atom. The van der Waals surface area contributed by atoms with Gasteiger partial charge in [-0.15, -0.1) is 0 Å². The molecule has 0 spiro atoms. The highest BCUT2D eigenvalue weighted by molar-refractivity contribution is 7.92. The van der Waals surface area contributed by atoms with Crippen LogP contribution in [0.15, 0.2) is 47.4 Å². The Morgan fingerprint density at radius 1 is 0.969 bits per heavy atom. The smallest absolute Gasteiger partial charge is 0.378 e. The van der Waals surface area contributed by atoms with Crippen LogP contribution in [0.25, 0.3) is 0 Å². The number of halogens is 3. The summed E-state index contributed by atoms with van der Waals surface area (Å²) >= 11 is 0. The molecule has 0 radical (unpaired) electrons. The summed E-state index contributed by atoms with van der Waals surface area (Å²) in [5.41, 5.74) is 2.44. The SMILES string of the molecule is O=C(N1CCc2ccc(S(=O)(=O)Nc3ccc(N4CCOCC4)cc3)cc2C1)C(F)(F)F. The van der Waals surface area contributed by atoms with Gasteiger partial charge in [0, 0.05) is 37.6 Å². The van der Waals surface area contributed by atoms with Gasteiger partial charge in [-0.25, -0.2) is 8.42 Å². The van der Waals surface area contributed by atoms with Crippen LogP contribution < -0.4 is 9.62 Å². The average molecular weight is 469 g/mol. The first-order valence-corrected chi connectivity index (χ1v) is 11.6. The molecule has 2 aromatic rings. The van der Waals surface area contributed by atoms with Gasteiger partial charge >= 0.3 is 12.1 Å². The lowest BCUT2D eigenvalue weighted by Crippen LogP contribution is -2.43. The first-order chi connectivity index (χ1) is 15.1. The predicted molar refractivity (Wildman–Crippen MR) is 112 cm³/mol. The number of ether oxygens (including phenoxy) is 1. The van der Waals surface area contributed by atoms with E-state index in [-0.39, 0.29) is 24.4 Å². The summed E-state index contributed by atoms with van der Waals surface area (Å²) in [5.74, 6) is -1.92. The van der Waals surface area contributed by atoms with Gasteiger partial charge in [0.15, 0.2) is 0 Å². The van der Waals surface area contributed by atoms with Crippen LogP contribution in [-0.2, 0) is 32.5 Å². The van der Waals surface area contributed by atoms with Crippen molar-refractivity contribution in [2.24, 2.45) is 0 Å². The van der Waals surface area contributed by atoms with Crippen LogP contribution in [0, 0.1) is 0 Å². The molecule has 2 heterocycles. The topological polar surface area (TPSA) is 79.0 Å². The second-order valence-corrected chi connectivity index (χ2v) is 9.34. The Bertz CT molecular complexity index is 1100. The van der Waals surface area contributed by atoms with Gasteiger partial charge in [0.2, 0.25) is 0 Å². The van der Waals surface area contributed by atoms with Crippen LogP contribution in [0.5, 0.6) is 0 Å². The van der Waals surface area contributed by atoms with Crippen molar-refractivity contribution in [2.75, 3.05) is 42.5 Å². The molecule has 4 rings (SSSR count). The Hall–Kier alpha value is -2.79. The van der Waals surface area contributed by atoms with E-state index in [1.54, 1.807) is 18.2 Å². The van der Waals surface area contributed by atoms with Gasteiger partial charge in [-0.3, -0.25) is 9.52 Å². The molecule has 7 nitrogen and oxygen atoms in total. The summed E-state index contributed by atoms with van der Waals surface area (Å²) in [5, 5.41) is 0. The molecule has 2 aliphatic rings. The molecular weight excluding hydrogens is 447 g/mol. The molecular formula is C21H22F3N3O4S. The molecule has 172 valence electrons. The number of benzene rings is 2. The Balaban J connectivity index is 1.49. The average Bonchev–Trinajstić information content (AvgIpc) is 2.78. The zero-order valence-corrected chi connectivity index (χ0v) is 17.9. The van der Waals surface area contributed by atoms with Crippen LogP contribution >= 0.6 is 0 Å². The number of nitrogens with one attached hydrogen (secondary N) is 1. The van der Waals surface area contributed by atoms with Crippen molar-refractivity contribution < 1.29 is 31.1 Å². The van der Waals surface area contributed by atoms with E-state index < -0.39 is 22.1 Å². The van der Waals surface area contributed by atoms with E-state index in [9.17, 15) is 26.4 Å². The number of anilines is 2. The summed E-state index contributed by atoms with van der Waals surface area (Å²) in [4.78, 5) is 14.3. The molecule has 0 aromatic heterocycles. The number of hydrogen-bond acceptors (Lipinski definition) is 5. The second kappa shape index (κ2) is 8.62. The Morgan fingerprint density at radius 3 is 2.31 bits per heavy atom. The molecule has 0 bridgehead atoms. The predicted octanol–water partition coefficient (Wildman–Crippen LogP) is 2.77. The first kappa shape index (κ1) is 22.4. The Labute approximate surface area is 183 Å². The number of sulfonamides is 1. The summed E-state index contributed by atoms with van der Waals surface area (Å²) in [6, 6.07) is 11.3. The van der Waals surface area contributed by atoms with E-state index in [1.807, 2.05) is 12.1 Å². The van der Waals surface area contributed by atoms with Gasteiger partial charge in [0.1, 0.15) is 0 Å². The molecule has 0 atom stereocenters. The molecule has 0 saturated carbocycles. The van der Waals surface area contributed by atoms with Crippen molar-refractivity contribution >= 4 is 27.3 Å². The van der Waals surface area contributed by atoms with Crippen molar-refractivity contribution in [3.63, 3.8) is 0 Å². The van der Waals surface area contributed by atoms with Crippen molar-refractivity contribution in [3.05, 3.63) is 53.6 Å². The quantitative estimate of drug-likeness (QED) is 0.745. The number of rotatable bonds is 4. The lowest BCUT2D eigenvalue weighted by molar-refractivity contribution is -0.186. The maximum atomic E-state index is 12.9. The summed E-state index contributed by atoms with van der Waals surface area (Å²) in [6.07, 6.45) is -4.73. The monoisotopic (exact) mass is 469 g/mol. The molecule has 1 fully saturated rings. The van der Waals surface area contributed by atoms with Crippen molar-refractivity contribution in [1.82, 2.24) is 4.90 Å². The number of amides is 1. The molecule has 1 saturated heterocycles. The van der Waals surface area contributed by atoms with Gasteiger partial charge in [0.25, 0.3) is 10.0 Å². The minimum atomic E-state index is -4.96. The van der Waals surface area contributed by atoms with Crippen molar-refractivity contribution in [1.29, 1.82) is 0 Å². The molecule has 11 heteroatoms. The zero-order valence-electron chi connectivity index (χ0n) is 17.1. The second-order valence-electron chi connectivity index (χ2n) is 7.66. The third-order valence-corrected chi connectivity index (χ3v) is 6.90. The largest absolute Gasteiger partial charge is 0.471 e. The lowest BCUT2D eigenvalue weighted by atomic mass is 10.00. The number of carbonyl (C=O) groups excluding carboxylic acids is 1. The van der Waals surface area contributed by atoms with E-state index in [4.69, 9.17) is 4.74 Å². The van der Waals surface area contributed by atoms with Crippen LogP contribution in [0.1, 0.15) is 11.1 Å². The maximum absolute atomic E-state index is 12.9. The third-order valence-electron chi connectivity index (χ3n) is 5.53. The number of nitrogens with zero attached hydrogens (tertiary/aromatic N) is 2. The van der Waals surface area contributed by atoms with Crippen molar-refractivity contribution in [3.8, 4) is 0 Å². The van der Waals surface area contributed by atoms with Crippen LogP contribution in [0.2, 0.25) is 0 Å². The molecule has 32 heavy (non-hydrogen) atoms. The summed E-state index contributed by atoms with van der Waals surface area (Å²) in [6.45, 7) is 2.44. The van der Waals surface area contributed by atoms with Gasteiger partial charge in [-0.1, -0.05) is 6.07 Å². The zero-order chi connectivity index (χ0) is 22.9. The van der Waals surface area contributed by atoms with Crippen LogP contribution in [-0.4, -0.2) is 58.2 Å². The molecule has 2 aromatic carbocycles. The van der Waals surface area contributed by atoms with E-state index in [0.717, 1.165) is 24.3 Å². The van der Waals surface area contributed by atoms with Crippen LogP contribution in [0.4, 0.5) is 24.5 Å². The fraction of sp³-hybridized carbons (Fsp3) is 0.381. The third kappa shape index (κ3) is 4.83. The van der Waals surface area contributed by atoms with Crippen LogP contribution in [0.3, 0.4) is 0 Å². The minimum absolute atomic E-state index is 0.0643. The van der Waals surface area contributed by atoms with E-state index in [1.165, 1.54) is 12.1 Å². The number of hydrogen-bond donors (Lipinski definition) is 1. The maximum Gasteiger partial charge on any atom is 0.471 e. The van der Waals surface area contributed by atoms with E-state index in [2.05, 4.69) is 9.62 Å². The fourth-order valence-corrected chi connectivity index (χ4v) is 4.94. The fourth-order valence-electron chi connectivity index (χ4n) is 3.83. The highest BCUT2D eigenvalue weighted by Gasteiger charge is 2.43. The molecule has 0 unspecified atom stereocenters. The van der Waals surface area contributed by atoms with Gasteiger partial charge in [-0.2, -0.15) is 13.2 Å². The lowest BCUT2D eigenvalue weighted by Gasteiger charge is -2.29. The highest BCUT2D eigenvalue weighted by atomic mass is 32.2. The number of carbonyl (C=O) groups is 1. The number of morpholine rings is 1. The first-order valence-electron chi connectivity index (χ1n) is 10.1. The Kier molecular flexibility index (Phi) is 6.04. The molecule has 1 amide bonds. The van der Waals surface area contributed by atoms with Gasteiger partial charge in [0.05, 0.1) is 18.1 Å². The summed E-state index contributed by atoms with van der Waals surface area (Å²) < 4.78 is 71.8. The standard InChI is InChI=1S/C21H22F3N3O4S/c22-21(23,24)20(28)27-8-7-15-1-6-19(13-16(15)14-27)32(29,30)25-17-2-4-18(5-3-17)26-9-11-31-12-10-26/h1-6,13,25H,7-12,14H2. The molecule has 0 aliphatic carbocycles. The minimum Gasteiger partial charge on any atom is -0.378 e. The van der Waals surface area contributed by atoms with Gasteiger partial charge < -0.3 is 14.5 Å². The van der Waals surface area contributed by atoms with Gasteiger partial charge in [-0.05, 0) is 53.9 Å². The van der Waals surface area contributed by atoms with E-state index in [0.29, 0.717) is 29.4 Å². The normalized spacial score (nSPS) is 17.1. The molecule has 1 N–H and O–H groups in total. The number of alkyl halides is 3. The van der Waals surface area contributed by atoms with Crippen molar-refractivity contribution in [2.45, 2.75) is 24.0 Å².